The predicted octanol–water partition coefficient (Wildman–Crippen LogP) is 5.02. The Morgan fingerprint density at radius 3 is 2.33 bits per heavy atom. The number of benzene rings is 1. The summed E-state index contributed by atoms with van der Waals surface area (Å²) in [6, 6.07) is 7.73. The largest absolute Gasteiger partial charge is 0.478 e. The van der Waals surface area contributed by atoms with E-state index in [-0.39, 0.29) is 10.6 Å². The highest BCUT2D eigenvalue weighted by Gasteiger charge is 2.23. The Morgan fingerprint density at radius 1 is 1.21 bits per heavy atom. The van der Waals surface area contributed by atoms with Crippen molar-refractivity contribution in [2.45, 2.75) is 39.7 Å². The Morgan fingerprint density at radius 2 is 1.83 bits per heavy atom. The van der Waals surface area contributed by atoms with Gasteiger partial charge in [0.05, 0.1) is 0 Å². The number of carbonyl (C=O) groups excluding carboxylic acids is 1. The van der Waals surface area contributed by atoms with Crippen LogP contribution in [0.15, 0.2) is 29.6 Å². The molecule has 0 spiro atoms. The molecule has 6 heteroatoms. The highest BCUT2D eigenvalue weighted by Crippen LogP contribution is 2.36. The van der Waals surface area contributed by atoms with Crippen LogP contribution >= 0.6 is 11.3 Å². The van der Waals surface area contributed by atoms with Crippen LogP contribution in [0.1, 0.15) is 43.6 Å². The molecule has 2 N–H and O–H groups in total. The second kappa shape index (κ2) is 7.05. The van der Waals surface area contributed by atoms with E-state index in [1.165, 1.54) is 16.9 Å². The molecule has 1 heterocycles. The highest BCUT2D eigenvalue weighted by atomic mass is 32.1. The Balaban J connectivity index is 2.33. The topological polar surface area (TPSA) is 75.6 Å². The van der Waals surface area contributed by atoms with Gasteiger partial charge < -0.3 is 9.84 Å². The number of nitrogens with one attached hydrogen (secondary N) is 1. The van der Waals surface area contributed by atoms with Crippen molar-refractivity contribution in [3.05, 3.63) is 40.8 Å². The molecular formula is C18H21NO4S. The maximum Gasteiger partial charge on any atom is 0.412 e. The zero-order chi connectivity index (χ0) is 17.9. The highest BCUT2D eigenvalue weighted by molar-refractivity contribution is 7.15. The molecule has 24 heavy (non-hydrogen) atoms. The molecule has 1 aromatic heterocycles. The fourth-order valence-electron chi connectivity index (χ4n) is 2.19. The fourth-order valence-corrected chi connectivity index (χ4v) is 3.14. The first-order chi connectivity index (χ1) is 11.2. The van der Waals surface area contributed by atoms with Gasteiger partial charge in [-0.25, -0.2) is 9.59 Å². The van der Waals surface area contributed by atoms with E-state index >= 15 is 0 Å². The third-order valence-electron chi connectivity index (χ3n) is 3.29. The number of rotatable bonds is 4. The number of aromatic carboxylic acids is 1. The van der Waals surface area contributed by atoms with Crippen molar-refractivity contribution in [1.82, 2.24) is 0 Å². The first-order valence-electron chi connectivity index (χ1n) is 7.65. The Bertz CT molecular complexity index is 741. The SMILES string of the molecule is CCc1ccc(-c2csc(NC(=O)OC(C)(C)C)c2C(=O)O)cc1. The molecule has 0 bridgehead atoms. The monoisotopic (exact) mass is 347 g/mol. The number of ether oxygens (including phenoxy) is 1. The molecule has 0 radical (unpaired) electrons. The number of amides is 1. The minimum absolute atomic E-state index is 0.0788. The van der Waals surface area contributed by atoms with Crippen LogP contribution in [0.2, 0.25) is 0 Å². The van der Waals surface area contributed by atoms with E-state index in [1.807, 2.05) is 24.3 Å². The first kappa shape index (κ1) is 18.0. The molecular weight excluding hydrogens is 326 g/mol. The summed E-state index contributed by atoms with van der Waals surface area (Å²) in [4.78, 5) is 23.6. The lowest BCUT2D eigenvalue weighted by molar-refractivity contribution is 0.0636. The maximum atomic E-state index is 11.9. The smallest absolute Gasteiger partial charge is 0.412 e. The number of carbonyl (C=O) groups is 2. The van der Waals surface area contributed by atoms with Gasteiger partial charge in [0, 0.05) is 10.9 Å². The maximum absolute atomic E-state index is 11.9. The van der Waals surface area contributed by atoms with E-state index in [1.54, 1.807) is 26.2 Å². The summed E-state index contributed by atoms with van der Waals surface area (Å²) in [5, 5.41) is 14.1. The van der Waals surface area contributed by atoms with Crippen LogP contribution < -0.4 is 5.32 Å². The molecule has 0 saturated heterocycles. The van der Waals surface area contributed by atoms with E-state index in [9.17, 15) is 14.7 Å². The molecule has 0 saturated carbocycles. The first-order valence-corrected chi connectivity index (χ1v) is 8.53. The summed E-state index contributed by atoms with van der Waals surface area (Å²) >= 11 is 1.17. The summed E-state index contributed by atoms with van der Waals surface area (Å²) in [6.07, 6.45) is 0.251. The predicted molar refractivity (Wildman–Crippen MR) is 95.9 cm³/mol. The standard InChI is InChI=1S/C18H21NO4S/c1-5-11-6-8-12(9-7-11)13-10-24-15(14(13)16(20)21)19-17(22)23-18(2,3)4/h6-10H,5H2,1-4H3,(H,19,22)(H,20,21). The van der Waals surface area contributed by atoms with Crippen molar-refractivity contribution in [2.24, 2.45) is 0 Å². The van der Waals surface area contributed by atoms with Crippen molar-refractivity contribution in [1.29, 1.82) is 0 Å². The van der Waals surface area contributed by atoms with E-state index in [0.29, 0.717) is 5.56 Å². The Kier molecular flexibility index (Phi) is 5.29. The van der Waals surface area contributed by atoms with Crippen LogP contribution in [0.3, 0.4) is 0 Å². The van der Waals surface area contributed by atoms with Gasteiger partial charge in [0.15, 0.2) is 0 Å². The van der Waals surface area contributed by atoms with Crippen LogP contribution in [-0.4, -0.2) is 22.8 Å². The van der Waals surface area contributed by atoms with Crippen molar-refractivity contribution in [3.63, 3.8) is 0 Å². The van der Waals surface area contributed by atoms with Gasteiger partial charge in [-0.2, -0.15) is 0 Å². The number of hydrogen-bond donors (Lipinski definition) is 2. The molecule has 5 nitrogen and oxygen atoms in total. The number of carboxylic acid groups (broad SMARTS) is 1. The van der Waals surface area contributed by atoms with Gasteiger partial charge in [0.2, 0.25) is 0 Å². The van der Waals surface area contributed by atoms with Gasteiger partial charge in [0.1, 0.15) is 16.2 Å². The number of anilines is 1. The molecule has 0 aliphatic carbocycles. The molecule has 0 aliphatic rings. The molecule has 1 amide bonds. The Hall–Kier alpha value is -2.34. The van der Waals surface area contributed by atoms with Gasteiger partial charge in [-0.05, 0) is 38.3 Å². The van der Waals surface area contributed by atoms with E-state index in [0.717, 1.165) is 12.0 Å². The molecule has 0 atom stereocenters. The van der Waals surface area contributed by atoms with Crippen molar-refractivity contribution >= 4 is 28.4 Å². The second-order valence-electron chi connectivity index (χ2n) is 6.34. The summed E-state index contributed by atoms with van der Waals surface area (Å²) in [7, 11) is 0. The molecule has 0 aliphatic heterocycles. The van der Waals surface area contributed by atoms with E-state index < -0.39 is 17.7 Å². The lowest BCUT2D eigenvalue weighted by atomic mass is 10.0. The summed E-state index contributed by atoms with van der Waals surface area (Å²) in [5.74, 6) is -1.09. The van der Waals surface area contributed by atoms with Gasteiger partial charge in [-0.3, -0.25) is 5.32 Å². The average Bonchev–Trinajstić information content (AvgIpc) is 2.89. The molecule has 128 valence electrons. The normalized spacial score (nSPS) is 11.2. The average molecular weight is 347 g/mol. The third-order valence-corrected chi connectivity index (χ3v) is 4.19. The van der Waals surface area contributed by atoms with Gasteiger partial charge in [-0.15, -0.1) is 11.3 Å². The second-order valence-corrected chi connectivity index (χ2v) is 7.22. The number of aryl methyl sites for hydroxylation is 1. The van der Waals surface area contributed by atoms with Crippen LogP contribution in [-0.2, 0) is 11.2 Å². The summed E-state index contributed by atoms with van der Waals surface area (Å²) < 4.78 is 5.19. The minimum Gasteiger partial charge on any atom is -0.478 e. The number of carboxylic acids is 1. The van der Waals surface area contributed by atoms with Crippen molar-refractivity contribution in [3.8, 4) is 11.1 Å². The van der Waals surface area contributed by atoms with Crippen LogP contribution in [0.4, 0.5) is 9.80 Å². The summed E-state index contributed by atoms with van der Waals surface area (Å²) in [5.41, 5.74) is 2.00. The number of hydrogen-bond acceptors (Lipinski definition) is 4. The molecule has 2 aromatic rings. The Labute approximate surface area is 145 Å². The zero-order valence-electron chi connectivity index (χ0n) is 14.2. The third kappa shape index (κ3) is 4.35. The number of thiophene rings is 1. The quantitative estimate of drug-likeness (QED) is 0.814. The van der Waals surface area contributed by atoms with Crippen molar-refractivity contribution in [2.75, 3.05) is 5.32 Å². The van der Waals surface area contributed by atoms with E-state index in [4.69, 9.17) is 4.74 Å². The van der Waals surface area contributed by atoms with Gasteiger partial charge >= 0.3 is 12.1 Å². The van der Waals surface area contributed by atoms with Gasteiger partial charge in [-0.1, -0.05) is 31.2 Å². The van der Waals surface area contributed by atoms with Crippen LogP contribution in [0.5, 0.6) is 0 Å². The zero-order valence-corrected chi connectivity index (χ0v) is 15.0. The van der Waals surface area contributed by atoms with Crippen LogP contribution in [0.25, 0.3) is 11.1 Å². The van der Waals surface area contributed by atoms with Crippen LogP contribution in [0, 0.1) is 0 Å². The van der Waals surface area contributed by atoms with Crippen molar-refractivity contribution < 1.29 is 19.4 Å². The molecule has 0 unspecified atom stereocenters. The molecule has 0 fully saturated rings. The summed E-state index contributed by atoms with van der Waals surface area (Å²) in [6.45, 7) is 7.31. The lowest BCUT2D eigenvalue weighted by Gasteiger charge is -2.19. The molecule has 1 aromatic carbocycles. The van der Waals surface area contributed by atoms with Gasteiger partial charge in [0.25, 0.3) is 0 Å². The van der Waals surface area contributed by atoms with E-state index in [2.05, 4.69) is 12.2 Å². The lowest BCUT2D eigenvalue weighted by Crippen LogP contribution is -2.27. The molecule has 2 rings (SSSR count). The minimum atomic E-state index is -1.09. The fraction of sp³-hybridized carbons (Fsp3) is 0.333.